The number of tetrazole rings is 1. The number of nitrogens with zero attached hydrogens (tertiary/aromatic N) is 5. The summed E-state index contributed by atoms with van der Waals surface area (Å²) >= 11 is 0. The van der Waals surface area contributed by atoms with Gasteiger partial charge in [-0.1, -0.05) is 30.2 Å². The lowest BCUT2D eigenvalue weighted by atomic mass is 9.80. The molecule has 1 aliphatic heterocycles. The first-order valence-corrected chi connectivity index (χ1v) is 7.43. The van der Waals surface area contributed by atoms with Crippen LogP contribution in [0.3, 0.4) is 0 Å². The van der Waals surface area contributed by atoms with E-state index >= 15 is 0 Å². The predicted molar refractivity (Wildman–Crippen MR) is 82.5 cm³/mol. The third kappa shape index (κ3) is 3.21. The number of benzene rings is 1. The molecule has 0 spiro atoms. The molecular formula is C15H22N6. The second kappa shape index (κ2) is 5.81. The fraction of sp³-hybridized carbons (Fsp3) is 0.533. The maximum Gasteiger partial charge on any atom is 0.247 e. The number of anilines is 1. The van der Waals surface area contributed by atoms with E-state index in [9.17, 15) is 0 Å². The van der Waals surface area contributed by atoms with Gasteiger partial charge in [0.2, 0.25) is 5.95 Å². The minimum absolute atomic E-state index is 0.306. The van der Waals surface area contributed by atoms with Crippen molar-refractivity contribution in [3.05, 3.63) is 30.3 Å². The molecule has 112 valence electrons. The molecule has 0 atom stereocenters. The van der Waals surface area contributed by atoms with Crippen molar-refractivity contribution < 1.29 is 0 Å². The van der Waals surface area contributed by atoms with Crippen molar-refractivity contribution in [2.45, 2.75) is 19.8 Å². The van der Waals surface area contributed by atoms with E-state index in [4.69, 9.17) is 0 Å². The highest BCUT2D eigenvalue weighted by Crippen LogP contribution is 2.30. The molecule has 6 nitrogen and oxygen atoms in total. The Labute approximate surface area is 125 Å². The van der Waals surface area contributed by atoms with Gasteiger partial charge in [-0.25, -0.2) is 0 Å². The van der Waals surface area contributed by atoms with E-state index in [1.807, 2.05) is 30.3 Å². The lowest BCUT2D eigenvalue weighted by Gasteiger charge is -2.37. The lowest BCUT2D eigenvalue weighted by molar-refractivity contribution is 0.150. The fourth-order valence-corrected chi connectivity index (χ4v) is 2.67. The van der Waals surface area contributed by atoms with Gasteiger partial charge in [0.25, 0.3) is 0 Å². The highest BCUT2D eigenvalue weighted by Gasteiger charge is 2.29. The summed E-state index contributed by atoms with van der Waals surface area (Å²) in [7, 11) is 2.18. The van der Waals surface area contributed by atoms with Gasteiger partial charge < -0.3 is 10.2 Å². The Morgan fingerprint density at radius 2 is 1.90 bits per heavy atom. The number of piperidine rings is 1. The first-order valence-electron chi connectivity index (χ1n) is 7.43. The van der Waals surface area contributed by atoms with E-state index in [1.165, 1.54) is 12.8 Å². The predicted octanol–water partition coefficient (Wildman–Crippen LogP) is 1.81. The van der Waals surface area contributed by atoms with Crippen LogP contribution in [0.4, 0.5) is 5.95 Å². The molecule has 1 N–H and O–H groups in total. The lowest BCUT2D eigenvalue weighted by Crippen LogP contribution is -2.40. The average Bonchev–Trinajstić information content (AvgIpc) is 2.98. The van der Waals surface area contributed by atoms with Crippen LogP contribution >= 0.6 is 0 Å². The highest BCUT2D eigenvalue weighted by atomic mass is 15.6. The van der Waals surface area contributed by atoms with Crippen molar-refractivity contribution >= 4 is 5.95 Å². The maximum atomic E-state index is 4.10. The topological polar surface area (TPSA) is 58.9 Å². The van der Waals surface area contributed by atoms with Crippen molar-refractivity contribution in [3.8, 4) is 5.69 Å². The van der Waals surface area contributed by atoms with Crippen molar-refractivity contribution in [2.75, 3.05) is 32.0 Å². The van der Waals surface area contributed by atoms with Crippen LogP contribution in [-0.4, -0.2) is 51.8 Å². The molecule has 2 aromatic rings. The largest absolute Gasteiger partial charge is 0.352 e. The van der Waals surface area contributed by atoms with E-state index in [2.05, 4.69) is 39.7 Å². The zero-order valence-corrected chi connectivity index (χ0v) is 12.7. The van der Waals surface area contributed by atoms with Crippen LogP contribution in [0.1, 0.15) is 19.8 Å². The minimum Gasteiger partial charge on any atom is -0.352 e. The van der Waals surface area contributed by atoms with E-state index in [1.54, 1.807) is 4.68 Å². The molecule has 0 radical (unpaired) electrons. The Bertz CT molecular complexity index is 571. The van der Waals surface area contributed by atoms with Crippen LogP contribution in [0.25, 0.3) is 5.69 Å². The van der Waals surface area contributed by atoms with Crippen molar-refractivity contribution in [3.63, 3.8) is 0 Å². The molecule has 1 aromatic heterocycles. The molecule has 1 aliphatic rings. The van der Waals surface area contributed by atoms with Crippen LogP contribution < -0.4 is 5.32 Å². The summed E-state index contributed by atoms with van der Waals surface area (Å²) in [6.45, 7) is 5.54. The van der Waals surface area contributed by atoms with Gasteiger partial charge in [-0.15, -0.1) is 0 Å². The summed E-state index contributed by atoms with van der Waals surface area (Å²) in [5, 5.41) is 15.4. The standard InChI is InChI=1S/C15H22N6/c1-15(8-10-20(2)11-9-15)12-16-14-17-18-19-21(14)13-6-4-3-5-7-13/h3-7H,8-12H2,1-2H3,(H,16,17,19). The first-order chi connectivity index (χ1) is 10.2. The Hall–Kier alpha value is -1.95. The molecule has 0 bridgehead atoms. The molecule has 0 saturated carbocycles. The number of hydrogen-bond donors (Lipinski definition) is 1. The van der Waals surface area contributed by atoms with Gasteiger partial charge in [0.15, 0.2) is 0 Å². The molecule has 1 aromatic carbocycles. The summed E-state index contributed by atoms with van der Waals surface area (Å²) in [5.41, 5.74) is 1.28. The first kappa shape index (κ1) is 14.0. The number of likely N-dealkylation sites (tertiary alicyclic amines) is 1. The zero-order valence-electron chi connectivity index (χ0n) is 12.7. The van der Waals surface area contributed by atoms with Crippen LogP contribution in [0.2, 0.25) is 0 Å². The number of rotatable bonds is 4. The molecule has 2 heterocycles. The molecule has 0 aliphatic carbocycles. The maximum absolute atomic E-state index is 4.10. The third-order valence-corrected chi connectivity index (χ3v) is 4.34. The van der Waals surface area contributed by atoms with Crippen LogP contribution in [0, 0.1) is 5.41 Å². The Morgan fingerprint density at radius 1 is 1.19 bits per heavy atom. The summed E-state index contributed by atoms with van der Waals surface area (Å²) in [6.07, 6.45) is 2.40. The van der Waals surface area contributed by atoms with Gasteiger partial charge in [0, 0.05) is 6.54 Å². The highest BCUT2D eigenvalue weighted by molar-refractivity contribution is 5.38. The van der Waals surface area contributed by atoms with Gasteiger partial charge in [-0.3, -0.25) is 0 Å². The van der Waals surface area contributed by atoms with E-state index in [0.29, 0.717) is 11.4 Å². The molecule has 21 heavy (non-hydrogen) atoms. The van der Waals surface area contributed by atoms with Crippen molar-refractivity contribution in [1.82, 2.24) is 25.1 Å². The third-order valence-electron chi connectivity index (χ3n) is 4.34. The van der Waals surface area contributed by atoms with Crippen LogP contribution in [-0.2, 0) is 0 Å². The number of aromatic nitrogens is 4. The summed E-state index contributed by atoms with van der Waals surface area (Å²) in [5.74, 6) is 0.710. The molecule has 6 heteroatoms. The monoisotopic (exact) mass is 286 g/mol. The fourth-order valence-electron chi connectivity index (χ4n) is 2.67. The second-order valence-corrected chi connectivity index (χ2v) is 6.22. The number of nitrogens with one attached hydrogen (secondary N) is 1. The second-order valence-electron chi connectivity index (χ2n) is 6.22. The Kier molecular flexibility index (Phi) is 3.88. The molecule has 0 unspecified atom stereocenters. The molecule has 1 fully saturated rings. The summed E-state index contributed by atoms with van der Waals surface area (Å²) in [4.78, 5) is 2.38. The van der Waals surface area contributed by atoms with Gasteiger partial charge in [-0.2, -0.15) is 4.68 Å². The molecule has 0 amide bonds. The summed E-state index contributed by atoms with van der Waals surface area (Å²) < 4.78 is 1.75. The summed E-state index contributed by atoms with van der Waals surface area (Å²) in [6, 6.07) is 9.95. The molecule has 3 rings (SSSR count). The van der Waals surface area contributed by atoms with E-state index in [-0.39, 0.29) is 0 Å². The van der Waals surface area contributed by atoms with Crippen molar-refractivity contribution in [1.29, 1.82) is 0 Å². The van der Waals surface area contributed by atoms with Crippen LogP contribution in [0.5, 0.6) is 0 Å². The van der Waals surface area contributed by atoms with E-state index in [0.717, 1.165) is 25.3 Å². The average molecular weight is 286 g/mol. The van der Waals surface area contributed by atoms with Gasteiger partial charge in [0.05, 0.1) is 5.69 Å². The SMILES string of the molecule is CN1CCC(C)(CNc2nnnn2-c2ccccc2)CC1. The number of hydrogen-bond acceptors (Lipinski definition) is 5. The van der Waals surface area contributed by atoms with Gasteiger partial charge in [0.1, 0.15) is 0 Å². The zero-order chi connectivity index (χ0) is 14.7. The Morgan fingerprint density at radius 3 is 2.62 bits per heavy atom. The minimum atomic E-state index is 0.306. The van der Waals surface area contributed by atoms with E-state index < -0.39 is 0 Å². The van der Waals surface area contributed by atoms with Gasteiger partial charge >= 0.3 is 0 Å². The smallest absolute Gasteiger partial charge is 0.247 e. The normalized spacial score (nSPS) is 18.6. The molecule has 1 saturated heterocycles. The molecular weight excluding hydrogens is 264 g/mol. The van der Waals surface area contributed by atoms with Crippen LogP contribution in [0.15, 0.2) is 30.3 Å². The van der Waals surface area contributed by atoms with Gasteiger partial charge in [-0.05, 0) is 61.0 Å². The quantitative estimate of drug-likeness (QED) is 0.929. The Balaban J connectivity index is 1.68. The van der Waals surface area contributed by atoms with Crippen molar-refractivity contribution in [2.24, 2.45) is 5.41 Å². The number of para-hydroxylation sites is 1.